The maximum Gasteiger partial charge on any atom is 0.131 e. The Morgan fingerprint density at radius 1 is 0.625 bits per heavy atom. The summed E-state index contributed by atoms with van der Waals surface area (Å²) in [5, 5.41) is 2.24. The Hall–Kier alpha value is -2.74. The molecule has 2 unspecified atom stereocenters. The van der Waals surface area contributed by atoms with Crippen molar-refractivity contribution in [2.75, 3.05) is 14.2 Å². The van der Waals surface area contributed by atoms with Crippen molar-refractivity contribution in [3.63, 3.8) is 0 Å². The summed E-state index contributed by atoms with van der Waals surface area (Å²) in [6.07, 6.45) is 4.62. The summed E-state index contributed by atoms with van der Waals surface area (Å²) in [7, 11) is 3.54. The molecule has 118 valence electrons. The average Bonchev–Trinajstić information content (AvgIpc) is 2.66. The average molecular weight is 314 g/mol. The number of benzene rings is 3. The molecule has 0 radical (unpaired) electrons. The topological polar surface area (TPSA) is 18.5 Å². The van der Waals surface area contributed by atoms with E-state index in [1.165, 1.54) is 22.3 Å². The first kappa shape index (κ1) is 13.7. The summed E-state index contributed by atoms with van der Waals surface area (Å²) in [5.74, 6) is 2.43. The monoisotopic (exact) mass is 314 g/mol. The van der Waals surface area contributed by atoms with Crippen molar-refractivity contribution in [2.24, 2.45) is 0 Å². The lowest BCUT2D eigenvalue weighted by Gasteiger charge is -2.38. The van der Waals surface area contributed by atoms with Crippen LogP contribution in [0.1, 0.15) is 34.1 Å². The molecule has 0 saturated carbocycles. The first-order valence-electron chi connectivity index (χ1n) is 8.28. The molecule has 2 bridgehead atoms. The van der Waals surface area contributed by atoms with Crippen molar-refractivity contribution in [3.8, 4) is 11.5 Å². The van der Waals surface area contributed by atoms with Crippen molar-refractivity contribution < 1.29 is 9.47 Å². The molecule has 2 nitrogen and oxygen atoms in total. The maximum absolute atomic E-state index is 5.90. The van der Waals surface area contributed by atoms with Gasteiger partial charge in [-0.15, -0.1) is 0 Å². The molecule has 3 aromatic carbocycles. The van der Waals surface area contributed by atoms with E-state index in [-0.39, 0.29) is 11.8 Å². The van der Waals surface area contributed by atoms with Gasteiger partial charge in [-0.05, 0) is 11.1 Å². The number of methoxy groups -OCH3 is 2. The van der Waals surface area contributed by atoms with Crippen molar-refractivity contribution in [2.45, 2.75) is 11.8 Å². The third kappa shape index (κ3) is 1.56. The molecule has 3 aromatic rings. The van der Waals surface area contributed by atoms with E-state index < -0.39 is 0 Å². The van der Waals surface area contributed by atoms with Gasteiger partial charge in [0.05, 0.1) is 14.2 Å². The molecule has 0 N–H and O–H groups in total. The number of ether oxygens (including phenoxy) is 2. The lowest BCUT2D eigenvalue weighted by atomic mass is 9.66. The van der Waals surface area contributed by atoms with Crippen LogP contribution in [0.3, 0.4) is 0 Å². The molecule has 0 amide bonds. The lowest BCUT2D eigenvalue weighted by Crippen LogP contribution is -2.22. The van der Waals surface area contributed by atoms with Gasteiger partial charge in [0.25, 0.3) is 0 Å². The molecule has 0 spiro atoms. The second-order valence-corrected chi connectivity index (χ2v) is 6.41. The van der Waals surface area contributed by atoms with Crippen molar-refractivity contribution in [3.05, 3.63) is 82.9 Å². The first-order chi connectivity index (χ1) is 11.8. The minimum Gasteiger partial charge on any atom is -0.496 e. The minimum atomic E-state index is 0.231. The fourth-order valence-electron chi connectivity index (χ4n) is 4.48. The smallest absolute Gasteiger partial charge is 0.131 e. The van der Waals surface area contributed by atoms with Crippen LogP contribution in [0, 0.1) is 0 Å². The lowest BCUT2D eigenvalue weighted by molar-refractivity contribution is 0.398. The molecule has 24 heavy (non-hydrogen) atoms. The molecular weight excluding hydrogens is 296 g/mol. The van der Waals surface area contributed by atoms with E-state index in [0.29, 0.717) is 0 Å². The van der Waals surface area contributed by atoms with Crippen LogP contribution < -0.4 is 9.47 Å². The Balaban J connectivity index is 1.95. The van der Waals surface area contributed by atoms with Gasteiger partial charge in [-0.3, -0.25) is 0 Å². The van der Waals surface area contributed by atoms with Gasteiger partial charge < -0.3 is 9.47 Å². The van der Waals surface area contributed by atoms with E-state index in [2.05, 4.69) is 60.7 Å². The third-order valence-electron chi connectivity index (χ3n) is 5.39. The predicted octanol–water partition coefficient (Wildman–Crippen LogP) is 5.00. The predicted molar refractivity (Wildman–Crippen MR) is 96.3 cm³/mol. The van der Waals surface area contributed by atoms with Gasteiger partial charge in [0.1, 0.15) is 11.5 Å². The zero-order chi connectivity index (χ0) is 16.3. The molecule has 6 rings (SSSR count). The zero-order valence-electron chi connectivity index (χ0n) is 13.7. The molecule has 0 aliphatic heterocycles. The number of fused-ring (bicyclic) bond motifs is 1. The zero-order valence-corrected chi connectivity index (χ0v) is 13.7. The van der Waals surface area contributed by atoms with Crippen LogP contribution in [0.5, 0.6) is 11.5 Å². The number of rotatable bonds is 2. The normalized spacial score (nSPS) is 19.9. The highest BCUT2D eigenvalue weighted by atomic mass is 16.5. The van der Waals surface area contributed by atoms with Gasteiger partial charge in [0.15, 0.2) is 0 Å². The van der Waals surface area contributed by atoms with E-state index in [1.807, 2.05) is 0 Å². The van der Waals surface area contributed by atoms with Crippen molar-refractivity contribution in [1.29, 1.82) is 0 Å². The highest BCUT2D eigenvalue weighted by molar-refractivity contribution is 5.98. The Morgan fingerprint density at radius 2 is 1.04 bits per heavy atom. The van der Waals surface area contributed by atoms with Gasteiger partial charge in [-0.1, -0.05) is 60.7 Å². The van der Waals surface area contributed by atoms with Gasteiger partial charge in [-0.25, -0.2) is 0 Å². The van der Waals surface area contributed by atoms with Gasteiger partial charge in [0, 0.05) is 33.7 Å². The molecule has 0 fully saturated rings. The molecule has 2 atom stereocenters. The SMILES string of the molecule is COc1c2c(c(OC)c3ccccc13)C1C=CC2c2ccccc21. The van der Waals surface area contributed by atoms with E-state index >= 15 is 0 Å². The third-order valence-corrected chi connectivity index (χ3v) is 5.39. The van der Waals surface area contributed by atoms with Gasteiger partial charge >= 0.3 is 0 Å². The Kier molecular flexibility index (Phi) is 2.78. The summed E-state index contributed by atoms with van der Waals surface area (Å²) in [6.45, 7) is 0. The van der Waals surface area contributed by atoms with Crippen LogP contribution in [0.15, 0.2) is 60.7 Å². The number of hydrogen-bond donors (Lipinski definition) is 0. The molecule has 0 aromatic heterocycles. The van der Waals surface area contributed by atoms with E-state index in [9.17, 15) is 0 Å². The first-order valence-corrected chi connectivity index (χ1v) is 8.28. The van der Waals surface area contributed by atoms with E-state index in [0.717, 1.165) is 22.3 Å². The molecule has 0 saturated heterocycles. The fourth-order valence-corrected chi connectivity index (χ4v) is 4.48. The Labute approximate surface area is 141 Å². The number of allylic oxidation sites excluding steroid dienone is 2. The highest BCUT2D eigenvalue weighted by Crippen LogP contribution is 2.57. The Morgan fingerprint density at radius 3 is 1.46 bits per heavy atom. The largest absolute Gasteiger partial charge is 0.496 e. The van der Waals surface area contributed by atoms with Crippen LogP contribution in [0.4, 0.5) is 0 Å². The van der Waals surface area contributed by atoms with Gasteiger partial charge in [-0.2, -0.15) is 0 Å². The summed E-state index contributed by atoms with van der Waals surface area (Å²) in [5.41, 5.74) is 5.29. The second kappa shape index (κ2) is 4.88. The van der Waals surface area contributed by atoms with Crippen LogP contribution in [-0.2, 0) is 0 Å². The summed E-state index contributed by atoms with van der Waals surface area (Å²) >= 11 is 0. The van der Waals surface area contributed by atoms with Crippen LogP contribution >= 0.6 is 0 Å². The summed E-state index contributed by atoms with van der Waals surface area (Å²) in [6, 6.07) is 17.1. The Bertz CT molecular complexity index is 921. The summed E-state index contributed by atoms with van der Waals surface area (Å²) in [4.78, 5) is 0. The number of hydrogen-bond acceptors (Lipinski definition) is 2. The molecular formula is C22H18O2. The van der Waals surface area contributed by atoms with Gasteiger partial charge in [0.2, 0.25) is 0 Å². The molecule has 2 heteroatoms. The minimum absolute atomic E-state index is 0.231. The summed E-state index contributed by atoms with van der Waals surface area (Å²) < 4.78 is 11.8. The molecule has 3 aliphatic carbocycles. The van der Waals surface area contributed by atoms with Crippen LogP contribution in [0.2, 0.25) is 0 Å². The van der Waals surface area contributed by atoms with Crippen LogP contribution in [-0.4, -0.2) is 14.2 Å². The molecule has 0 heterocycles. The standard InChI is InChI=1S/C22H18O2/c1-23-21-17-9-5-6-10-18(17)22(24-2)20-16-12-11-15(19(20)21)13-7-3-4-8-14(13)16/h3-12,15-16H,1-2H3. The quantitative estimate of drug-likeness (QED) is 0.619. The van der Waals surface area contributed by atoms with E-state index in [1.54, 1.807) is 14.2 Å². The highest BCUT2D eigenvalue weighted by Gasteiger charge is 2.39. The van der Waals surface area contributed by atoms with Crippen molar-refractivity contribution >= 4 is 10.8 Å². The van der Waals surface area contributed by atoms with E-state index in [4.69, 9.17) is 9.47 Å². The van der Waals surface area contributed by atoms with Crippen LogP contribution in [0.25, 0.3) is 10.8 Å². The second-order valence-electron chi connectivity index (χ2n) is 6.41. The fraction of sp³-hybridized carbons (Fsp3) is 0.182. The molecule has 3 aliphatic rings. The van der Waals surface area contributed by atoms with Crippen molar-refractivity contribution in [1.82, 2.24) is 0 Å². The maximum atomic E-state index is 5.90.